The number of amides is 3. The summed E-state index contributed by atoms with van der Waals surface area (Å²) in [6, 6.07) is -0.274. The minimum Gasteiger partial charge on any atom is -0.508 e. The number of carbonyl (C=O) groups is 6. The third-order valence-corrected chi connectivity index (χ3v) is 4.98. The van der Waals surface area contributed by atoms with Gasteiger partial charge in [-0.1, -0.05) is 26.0 Å². The van der Waals surface area contributed by atoms with Crippen molar-refractivity contribution in [3.63, 3.8) is 0 Å². The van der Waals surface area contributed by atoms with Crippen LogP contribution in [0.3, 0.4) is 0 Å². The van der Waals surface area contributed by atoms with Crippen molar-refractivity contribution in [3.05, 3.63) is 29.8 Å². The zero-order valence-corrected chi connectivity index (χ0v) is 19.6. The lowest BCUT2D eigenvalue weighted by molar-refractivity contribution is -0.145. The molecule has 0 aliphatic rings. The highest BCUT2D eigenvalue weighted by molar-refractivity contribution is 5.96. The first-order chi connectivity index (χ1) is 16.7. The van der Waals surface area contributed by atoms with E-state index in [2.05, 4.69) is 16.0 Å². The number of hydrogen-bond donors (Lipinski definition) is 8. The largest absolute Gasteiger partial charge is 0.508 e. The Balaban J connectivity index is 2.99. The second-order valence-electron chi connectivity index (χ2n) is 8.36. The van der Waals surface area contributed by atoms with Gasteiger partial charge in [-0.2, -0.15) is 0 Å². The van der Waals surface area contributed by atoms with Gasteiger partial charge in [0.25, 0.3) is 0 Å². The van der Waals surface area contributed by atoms with E-state index in [-0.39, 0.29) is 12.2 Å². The highest BCUT2D eigenvalue weighted by Gasteiger charge is 2.33. The van der Waals surface area contributed by atoms with Crippen LogP contribution in [0.4, 0.5) is 0 Å². The molecule has 0 saturated heterocycles. The van der Waals surface area contributed by atoms with E-state index in [1.807, 2.05) is 0 Å². The highest BCUT2D eigenvalue weighted by atomic mass is 16.4. The van der Waals surface area contributed by atoms with Crippen LogP contribution in [-0.2, 0) is 35.2 Å². The van der Waals surface area contributed by atoms with Crippen molar-refractivity contribution in [3.8, 4) is 5.75 Å². The molecule has 4 atom stereocenters. The predicted octanol–water partition coefficient (Wildman–Crippen LogP) is -1.59. The molecule has 3 amide bonds. The highest BCUT2D eigenvalue weighted by Crippen LogP contribution is 2.11. The Hall–Kier alpha value is -4.20. The number of carboxylic acids is 3. The third kappa shape index (κ3) is 9.97. The average Bonchev–Trinajstić information content (AvgIpc) is 2.76. The summed E-state index contributed by atoms with van der Waals surface area (Å²) >= 11 is 0. The van der Waals surface area contributed by atoms with Crippen molar-refractivity contribution >= 4 is 35.6 Å². The van der Waals surface area contributed by atoms with Crippen molar-refractivity contribution < 1.29 is 49.2 Å². The zero-order valence-electron chi connectivity index (χ0n) is 19.6. The summed E-state index contributed by atoms with van der Waals surface area (Å²) in [5.74, 6) is -8.11. The molecule has 198 valence electrons. The van der Waals surface area contributed by atoms with Crippen LogP contribution in [-0.4, -0.2) is 80.2 Å². The summed E-state index contributed by atoms with van der Waals surface area (Å²) < 4.78 is 0. The van der Waals surface area contributed by atoms with Crippen molar-refractivity contribution in [1.82, 2.24) is 16.0 Å². The van der Waals surface area contributed by atoms with Crippen molar-refractivity contribution in [2.24, 2.45) is 11.7 Å². The summed E-state index contributed by atoms with van der Waals surface area (Å²) in [6.07, 6.45) is -1.85. The summed E-state index contributed by atoms with van der Waals surface area (Å²) in [5.41, 5.74) is 6.42. The van der Waals surface area contributed by atoms with Crippen LogP contribution in [0, 0.1) is 5.92 Å². The molecule has 14 nitrogen and oxygen atoms in total. The van der Waals surface area contributed by atoms with Crippen molar-refractivity contribution in [1.29, 1.82) is 0 Å². The number of phenols is 1. The van der Waals surface area contributed by atoms with Crippen molar-refractivity contribution in [2.45, 2.75) is 57.3 Å². The monoisotopic (exact) mass is 510 g/mol. The topological polar surface area (TPSA) is 245 Å². The molecule has 36 heavy (non-hydrogen) atoms. The van der Waals surface area contributed by atoms with Gasteiger partial charge < -0.3 is 42.1 Å². The van der Waals surface area contributed by atoms with Gasteiger partial charge in [-0.15, -0.1) is 0 Å². The molecule has 0 aliphatic heterocycles. The molecule has 0 fully saturated rings. The third-order valence-electron chi connectivity index (χ3n) is 4.98. The first-order valence-corrected chi connectivity index (χ1v) is 10.8. The number of rotatable bonds is 14. The molecule has 1 rings (SSSR count). The molecular weight excluding hydrogens is 480 g/mol. The number of carboxylic acid groups (broad SMARTS) is 3. The molecule has 14 heteroatoms. The quantitative estimate of drug-likeness (QED) is 0.142. The summed E-state index contributed by atoms with van der Waals surface area (Å²) in [6.45, 7) is 3.01. The Morgan fingerprint density at radius 2 is 1.22 bits per heavy atom. The molecule has 9 N–H and O–H groups in total. The van der Waals surface area contributed by atoms with E-state index in [4.69, 9.17) is 15.9 Å². The van der Waals surface area contributed by atoms with E-state index in [9.17, 15) is 39.0 Å². The van der Waals surface area contributed by atoms with E-state index >= 15 is 0 Å². The SMILES string of the molecule is CC(C)C(NC(=O)C(CC(=O)O)NC(=O)C(CC(=O)O)NC(=O)C(N)Cc1ccc(O)cc1)C(=O)O. The van der Waals surface area contributed by atoms with Crippen LogP contribution in [0.25, 0.3) is 0 Å². The average molecular weight is 511 g/mol. The summed E-state index contributed by atoms with van der Waals surface area (Å²) in [4.78, 5) is 71.6. The van der Waals surface area contributed by atoms with Gasteiger partial charge in [0, 0.05) is 0 Å². The fourth-order valence-corrected chi connectivity index (χ4v) is 3.06. The number of phenolic OH excluding ortho intramolecular Hbond substituents is 1. The maximum Gasteiger partial charge on any atom is 0.326 e. The Bertz CT molecular complexity index is 980. The van der Waals surface area contributed by atoms with Gasteiger partial charge in [-0.05, 0) is 30.0 Å². The Morgan fingerprint density at radius 3 is 1.64 bits per heavy atom. The molecule has 0 saturated carbocycles. The van der Waals surface area contributed by atoms with Crippen LogP contribution >= 0.6 is 0 Å². The molecule has 1 aromatic rings. The number of nitrogens with one attached hydrogen (secondary N) is 3. The maximum absolute atomic E-state index is 12.7. The van der Waals surface area contributed by atoms with Gasteiger partial charge in [-0.25, -0.2) is 4.79 Å². The fraction of sp³-hybridized carbons (Fsp3) is 0.455. The van der Waals surface area contributed by atoms with E-state index in [1.54, 1.807) is 0 Å². The molecule has 4 unspecified atom stereocenters. The lowest BCUT2D eigenvalue weighted by atomic mass is 10.0. The van der Waals surface area contributed by atoms with E-state index in [1.165, 1.54) is 38.1 Å². The van der Waals surface area contributed by atoms with Gasteiger partial charge in [-0.3, -0.25) is 24.0 Å². The van der Waals surface area contributed by atoms with Gasteiger partial charge in [0.05, 0.1) is 18.9 Å². The minimum absolute atomic E-state index is 0.00186. The second-order valence-corrected chi connectivity index (χ2v) is 8.36. The lowest BCUT2D eigenvalue weighted by Gasteiger charge is -2.25. The Kier molecular flexibility index (Phi) is 11.3. The summed E-state index contributed by atoms with van der Waals surface area (Å²) in [7, 11) is 0. The van der Waals surface area contributed by atoms with Gasteiger partial charge in [0.1, 0.15) is 23.9 Å². The van der Waals surface area contributed by atoms with Crippen LogP contribution in [0.15, 0.2) is 24.3 Å². The molecule has 0 radical (unpaired) electrons. The van der Waals surface area contributed by atoms with Crippen LogP contribution in [0.5, 0.6) is 5.75 Å². The standard InChI is InChI=1S/C22H30N4O10/c1-10(2)18(22(35)36)26-21(34)15(9-17(30)31)25-20(33)14(8-16(28)29)24-19(32)13(23)7-11-3-5-12(27)6-4-11/h3-6,10,13-15,18,27H,7-9,23H2,1-2H3,(H,24,32)(H,25,33)(H,26,34)(H,28,29)(H,30,31)(H,35,36). The first-order valence-electron chi connectivity index (χ1n) is 10.8. The van der Waals surface area contributed by atoms with Gasteiger partial charge in [0.15, 0.2) is 0 Å². The smallest absolute Gasteiger partial charge is 0.326 e. The molecule has 0 bridgehead atoms. The number of aromatic hydroxyl groups is 1. The van der Waals surface area contributed by atoms with Gasteiger partial charge >= 0.3 is 17.9 Å². The van der Waals surface area contributed by atoms with Crippen LogP contribution in [0.2, 0.25) is 0 Å². The number of aliphatic carboxylic acids is 3. The fourth-order valence-electron chi connectivity index (χ4n) is 3.06. The molecule has 1 aromatic carbocycles. The molecule has 0 aromatic heterocycles. The lowest BCUT2D eigenvalue weighted by Crippen LogP contribution is -2.58. The number of carbonyl (C=O) groups excluding carboxylic acids is 3. The zero-order chi connectivity index (χ0) is 27.6. The van der Waals surface area contributed by atoms with E-state index < -0.39 is 78.6 Å². The Morgan fingerprint density at radius 1 is 0.778 bits per heavy atom. The van der Waals surface area contributed by atoms with Crippen molar-refractivity contribution in [2.75, 3.05) is 0 Å². The van der Waals surface area contributed by atoms with Crippen LogP contribution in [0.1, 0.15) is 32.3 Å². The maximum atomic E-state index is 12.7. The summed E-state index contributed by atoms with van der Waals surface area (Å²) in [5, 5.41) is 43.2. The minimum atomic E-state index is -1.76. The normalized spacial score (nSPS) is 14.1. The van der Waals surface area contributed by atoms with Crippen LogP contribution < -0.4 is 21.7 Å². The number of hydrogen-bond acceptors (Lipinski definition) is 8. The van der Waals surface area contributed by atoms with E-state index in [0.29, 0.717) is 5.56 Å². The van der Waals surface area contributed by atoms with Gasteiger partial charge in [0.2, 0.25) is 17.7 Å². The molecule has 0 aliphatic carbocycles. The predicted molar refractivity (Wildman–Crippen MR) is 123 cm³/mol. The molecular formula is C22H30N4O10. The first kappa shape index (κ1) is 29.8. The Labute approximate surface area is 205 Å². The number of benzene rings is 1. The molecule has 0 spiro atoms. The van der Waals surface area contributed by atoms with E-state index in [0.717, 1.165) is 0 Å². The second kappa shape index (κ2) is 13.6. The number of nitrogens with two attached hydrogens (primary N) is 1. The molecule has 0 heterocycles.